The summed E-state index contributed by atoms with van der Waals surface area (Å²) >= 11 is 3.30. The lowest BCUT2D eigenvalue weighted by molar-refractivity contribution is 0.233. The van der Waals surface area contributed by atoms with Gasteiger partial charge in [0.2, 0.25) is 0 Å². The molecule has 4 nitrogen and oxygen atoms in total. The van der Waals surface area contributed by atoms with Gasteiger partial charge in [0, 0.05) is 17.5 Å². The number of nitrogen functional groups attached to an aromatic ring is 1. The van der Waals surface area contributed by atoms with E-state index in [4.69, 9.17) is 21.0 Å². The summed E-state index contributed by atoms with van der Waals surface area (Å²) in [5.74, 6) is 0.537. The van der Waals surface area contributed by atoms with Crippen molar-refractivity contribution in [2.75, 3.05) is 13.2 Å². The lowest BCUT2D eigenvalue weighted by atomic mass is 10.2. The van der Waals surface area contributed by atoms with Crippen LogP contribution in [0.1, 0.15) is 12.0 Å². The Bertz CT molecular complexity index is 355. The second-order valence-corrected chi connectivity index (χ2v) is 3.90. The maximum absolute atomic E-state index is 8.61. The van der Waals surface area contributed by atoms with Gasteiger partial charge >= 0.3 is 0 Å². The van der Waals surface area contributed by atoms with Crippen LogP contribution in [0.15, 0.2) is 22.7 Å². The van der Waals surface area contributed by atoms with Gasteiger partial charge in [-0.15, -0.1) is 0 Å². The molecule has 0 unspecified atom stereocenters. The molecule has 1 rings (SSSR count). The molecule has 0 aliphatic heterocycles. The van der Waals surface area contributed by atoms with Crippen LogP contribution in [0.2, 0.25) is 0 Å². The topological polar surface area (TPSA) is 79.3 Å². The van der Waals surface area contributed by atoms with Gasteiger partial charge in [0.1, 0.15) is 11.6 Å². The third kappa shape index (κ3) is 3.53. The van der Waals surface area contributed by atoms with Gasteiger partial charge in [0.05, 0.1) is 12.2 Å². The van der Waals surface area contributed by atoms with Crippen molar-refractivity contribution in [1.82, 2.24) is 0 Å². The quantitative estimate of drug-likeness (QED) is 0.432. The van der Waals surface area contributed by atoms with Crippen LogP contribution in [0.5, 0.6) is 5.75 Å². The molecule has 4 N–H and O–H groups in total. The minimum atomic E-state index is -0.0321. The first kappa shape index (κ1) is 12.0. The lowest BCUT2D eigenvalue weighted by Gasteiger charge is -2.10. The number of hydrogen-bond donors (Lipinski definition) is 3. The zero-order valence-corrected chi connectivity index (χ0v) is 9.75. The van der Waals surface area contributed by atoms with Crippen molar-refractivity contribution in [3.05, 3.63) is 28.2 Å². The first-order chi connectivity index (χ1) is 7.15. The van der Waals surface area contributed by atoms with Crippen LogP contribution in [0, 0.1) is 5.41 Å². The van der Waals surface area contributed by atoms with Gasteiger partial charge in [-0.1, -0.05) is 15.9 Å². The van der Waals surface area contributed by atoms with Gasteiger partial charge in [-0.2, -0.15) is 0 Å². The molecule has 0 atom stereocenters. The highest BCUT2D eigenvalue weighted by Crippen LogP contribution is 2.22. The number of aliphatic hydroxyl groups is 1. The number of nitrogens with one attached hydrogen (secondary N) is 1. The molecule has 0 saturated carbocycles. The van der Waals surface area contributed by atoms with Crippen LogP contribution in [-0.4, -0.2) is 24.2 Å². The number of ether oxygens (including phenoxy) is 1. The molecule has 82 valence electrons. The van der Waals surface area contributed by atoms with Crippen molar-refractivity contribution < 1.29 is 9.84 Å². The molecule has 0 heterocycles. The van der Waals surface area contributed by atoms with Crippen LogP contribution < -0.4 is 10.5 Å². The van der Waals surface area contributed by atoms with Crippen molar-refractivity contribution in [3.63, 3.8) is 0 Å². The number of hydrogen-bond acceptors (Lipinski definition) is 3. The molecule has 0 fully saturated rings. The summed E-state index contributed by atoms with van der Waals surface area (Å²) in [6, 6.07) is 5.30. The highest BCUT2D eigenvalue weighted by atomic mass is 79.9. The predicted octanol–water partition coefficient (Wildman–Crippen LogP) is 1.49. The molecule has 1 aromatic carbocycles. The Kier molecular flexibility index (Phi) is 4.58. The van der Waals surface area contributed by atoms with E-state index in [1.54, 1.807) is 12.1 Å². The molecular weight excluding hydrogens is 260 g/mol. The number of halogens is 1. The van der Waals surface area contributed by atoms with Crippen molar-refractivity contribution >= 4 is 21.8 Å². The molecule has 0 saturated heterocycles. The first-order valence-electron chi connectivity index (χ1n) is 4.52. The largest absolute Gasteiger partial charge is 0.493 e. The molecule has 0 aliphatic rings. The van der Waals surface area contributed by atoms with E-state index in [0.29, 0.717) is 24.3 Å². The molecule has 0 bridgehead atoms. The minimum Gasteiger partial charge on any atom is -0.493 e. The van der Waals surface area contributed by atoms with Crippen LogP contribution in [0.4, 0.5) is 0 Å². The lowest BCUT2D eigenvalue weighted by Crippen LogP contribution is -2.13. The van der Waals surface area contributed by atoms with Gasteiger partial charge in [0.15, 0.2) is 0 Å². The fourth-order valence-electron chi connectivity index (χ4n) is 1.09. The molecule has 0 spiro atoms. The zero-order chi connectivity index (χ0) is 11.3. The molecule has 5 heteroatoms. The number of rotatable bonds is 5. The van der Waals surface area contributed by atoms with Crippen molar-refractivity contribution in [3.8, 4) is 5.75 Å². The number of aliphatic hydroxyl groups excluding tert-OH is 1. The van der Waals surface area contributed by atoms with Gasteiger partial charge in [-0.3, -0.25) is 5.41 Å². The highest BCUT2D eigenvalue weighted by Gasteiger charge is 2.06. The van der Waals surface area contributed by atoms with E-state index in [1.165, 1.54) is 0 Å². The Hall–Kier alpha value is -1.07. The Labute approximate surface area is 96.7 Å². The molecule has 0 aliphatic carbocycles. The monoisotopic (exact) mass is 272 g/mol. The molecule has 0 aromatic heterocycles. The van der Waals surface area contributed by atoms with Crippen LogP contribution in [0.3, 0.4) is 0 Å². The summed E-state index contributed by atoms with van der Waals surface area (Å²) in [7, 11) is 0. The van der Waals surface area contributed by atoms with Crippen LogP contribution in [0.25, 0.3) is 0 Å². The van der Waals surface area contributed by atoms with E-state index in [0.717, 1.165) is 4.47 Å². The number of nitrogens with two attached hydrogens (primary N) is 1. The Morgan fingerprint density at radius 1 is 1.53 bits per heavy atom. The van der Waals surface area contributed by atoms with E-state index in [-0.39, 0.29) is 12.4 Å². The smallest absolute Gasteiger partial charge is 0.130 e. The summed E-state index contributed by atoms with van der Waals surface area (Å²) in [5, 5.41) is 16.0. The van der Waals surface area contributed by atoms with E-state index >= 15 is 0 Å². The summed E-state index contributed by atoms with van der Waals surface area (Å²) in [5.41, 5.74) is 5.98. The summed E-state index contributed by atoms with van der Waals surface area (Å²) < 4.78 is 6.24. The van der Waals surface area contributed by atoms with Crippen LogP contribution >= 0.6 is 15.9 Å². The second-order valence-electron chi connectivity index (χ2n) is 2.98. The van der Waals surface area contributed by atoms with Gasteiger partial charge < -0.3 is 15.6 Å². The molecule has 1 aromatic rings. The molecule has 0 radical (unpaired) electrons. The fourth-order valence-corrected chi connectivity index (χ4v) is 1.45. The van der Waals surface area contributed by atoms with Crippen LogP contribution in [-0.2, 0) is 0 Å². The molecule has 0 amide bonds. The van der Waals surface area contributed by atoms with Gasteiger partial charge in [-0.05, 0) is 18.2 Å². The van der Waals surface area contributed by atoms with Gasteiger partial charge in [-0.25, -0.2) is 0 Å². The average molecular weight is 273 g/mol. The van der Waals surface area contributed by atoms with Gasteiger partial charge in [0.25, 0.3) is 0 Å². The van der Waals surface area contributed by atoms with E-state index in [9.17, 15) is 0 Å². The fraction of sp³-hybridized carbons (Fsp3) is 0.300. The normalized spacial score (nSPS) is 10.0. The van der Waals surface area contributed by atoms with Crippen molar-refractivity contribution in [2.45, 2.75) is 6.42 Å². The predicted molar refractivity (Wildman–Crippen MR) is 62.4 cm³/mol. The van der Waals surface area contributed by atoms with E-state index in [1.807, 2.05) is 6.07 Å². The maximum Gasteiger partial charge on any atom is 0.130 e. The second kappa shape index (κ2) is 5.72. The third-order valence-electron chi connectivity index (χ3n) is 1.79. The minimum absolute atomic E-state index is 0.0321. The van der Waals surface area contributed by atoms with E-state index in [2.05, 4.69) is 15.9 Å². The average Bonchev–Trinajstić information content (AvgIpc) is 2.20. The number of amidine groups is 1. The Morgan fingerprint density at radius 3 is 2.87 bits per heavy atom. The summed E-state index contributed by atoms with van der Waals surface area (Å²) in [6.45, 7) is 0.504. The van der Waals surface area contributed by atoms with Crippen molar-refractivity contribution in [2.24, 2.45) is 5.73 Å². The Balaban J connectivity index is 2.81. The standard InChI is InChI=1S/C10H13BrN2O2/c11-7-2-3-9(15-5-1-4-14)8(6-7)10(12)13/h2-3,6,14H,1,4-5H2,(H3,12,13). The molecular formula is C10H13BrN2O2. The highest BCUT2D eigenvalue weighted by molar-refractivity contribution is 9.10. The summed E-state index contributed by atoms with van der Waals surface area (Å²) in [4.78, 5) is 0. The first-order valence-corrected chi connectivity index (χ1v) is 5.32. The van der Waals surface area contributed by atoms with Crippen molar-refractivity contribution in [1.29, 1.82) is 5.41 Å². The Morgan fingerprint density at radius 2 is 2.27 bits per heavy atom. The SMILES string of the molecule is N=C(N)c1cc(Br)ccc1OCCCO. The number of benzene rings is 1. The van der Waals surface area contributed by atoms with E-state index < -0.39 is 0 Å². The zero-order valence-electron chi connectivity index (χ0n) is 8.16. The molecule has 15 heavy (non-hydrogen) atoms. The maximum atomic E-state index is 8.61. The third-order valence-corrected chi connectivity index (χ3v) is 2.29. The summed E-state index contributed by atoms with van der Waals surface area (Å²) in [6.07, 6.45) is 0.563.